The summed E-state index contributed by atoms with van der Waals surface area (Å²) in [7, 11) is 0. The van der Waals surface area contributed by atoms with Crippen molar-refractivity contribution in [2.24, 2.45) is 0 Å². The van der Waals surface area contributed by atoms with Gasteiger partial charge >= 0.3 is 5.97 Å². The van der Waals surface area contributed by atoms with E-state index in [1.54, 1.807) is 37.3 Å². The van der Waals surface area contributed by atoms with Crippen LogP contribution in [0, 0.1) is 0 Å². The van der Waals surface area contributed by atoms with E-state index >= 15 is 0 Å². The fourth-order valence-corrected chi connectivity index (χ4v) is 1.57. The van der Waals surface area contributed by atoms with Crippen molar-refractivity contribution in [2.75, 3.05) is 0 Å². The van der Waals surface area contributed by atoms with Crippen molar-refractivity contribution in [3.8, 4) is 0 Å². The van der Waals surface area contributed by atoms with Gasteiger partial charge in [-0.1, -0.05) is 23.7 Å². The average Bonchev–Trinajstić information content (AvgIpc) is 2.36. The molecule has 2 N–H and O–H groups in total. The highest BCUT2D eigenvalue weighted by molar-refractivity contribution is 6.30. The number of rotatable bonds is 6. The number of hydrogen-bond acceptors (Lipinski definition) is 2. The minimum atomic E-state index is -0.863. The zero-order valence-corrected chi connectivity index (χ0v) is 11.4. The molecule has 0 heterocycles. The molecule has 5 heteroatoms. The molecule has 0 aliphatic carbocycles. The van der Waals surface area contributed by atoms with Gasteiger partial charge < -0.3 is 10.4 Å². The topological polar surface area (TPSA) is 66.4 Å². The SMILES string of the molecule is CC(CCC(=O)O)NC(=O)C=Cc1ccc(Cl)cc1. The fourth-order valence-electron chi connectivity index (χ4n) is 1.45. The van der Waals surface area contributed by atoms with Crippen molar-refractivity contribution in [1.29, 1.82) is 0 Å². The van der Waals surface area contributed by atoms with Gasteiger partial charge in [0.25, 0.3) is 0 Å². The van der Waals surface area contributed by atoms with Crippen molar-refractivity contribution in [3.63, 3.8) is 0 Å². The van der Waals surface area contributed by atoms with Crippen LogP contribution < -0.4 is 5.32 Å². The number of carbonyl (C=O) groups is 2. The van der Waals surface area contributed by atoms with E-state index in [9.17, 15) is 9.59 Å². The molecule has 0 saturated heterocycles. The highest BCUT2D eigenvalue weighted by atomic mass is 35.5. The van der Waals surface area contributed by atoms with E-state index in [2.05, 4.69) is 5.32 Å². The minimum absolute atomic E-state index is 0.0440. The van der Waals surface area contributed by atoms with Crippen LogP contribution in [-0.2, 0) is 9.59 Å². The number of hydrogen-bond donors (Lipinski definition) is 2. The lowest BCUT2D eigenvalue weighted by atomic mass is 10.2. The Bertz CT molecular complexity index is 468. The third kappa shape index (κ3) is 6.62. The third-order valence-corrected chi connectivity index (χ3v) is 2.73. The molecule has 0 fully saturated rings. The lowest BCUT2D eigenvalue weighted by molar-refractivity contribution is -0.137. The maximum atomic E-state index is 11.6. The summed E-state index contributed by atoms with van der Waals surface area (Å²) in [5, 5.41) is 11.9. The van der Waals surface area contributed by atoms with E-state index in [1.165, 1.54) is 6.08 Å². The molecule has 0 aliphatic rings. The zero-order chi connectivity index (χ0) is 14.3. The summed E-state index contributed by atoms with van der Waals surface area (Å²) in [6, 6.07) is 6.93. The van der Waals surface area contributed by atoms with Crippen molar-refractivity contribution in [1.82, 2.24) is 5.32 Å². The van der Waals surface area contributed by atoms with Gasteiger partial charge in [0.1, 0.15) is 0 Å². The van der Waals surface area contributed by atoms with E-state index in [-0.39, 0.29) is 18.4 Å². The van der Waals surface area contributed by atoms with Crippen LogP contribution in [0.2, 0.25) is 5.02 Å². The van der Waals surface area contributed by atoms with Crippen LogP contribution >= 0.6 is 11.6 Å². The molecule has 4 nitrogen and oxygen atoms in total. The first-order valence-corrected chi connectivity index (χ1v) is 6.31. The molecule has 0 radical (unpaired) electrons. The second-order valence-electron chi connectivity index (χ2n) is 4.23. The zero-order valence-electron chi connectivity index (χ0n) is 10.6. The molecule has 1 aromatic rings. The lowest BCUT2D eigenvalue weighted by Gasteiger charge is -2.10. The van der Waals surface area contributed by atoms with Crippen LogP contribution in [0.4, 0.5) is 0 Å². The van der Waals surface area contributed by atoms with E-state index in [4.69, 9.17) is 16.7 Å². The molecule has 1 atom stereocenters. The first kappa shape index (κ1) is 15.2. The minimum Gasteiger partial charge on any atom is -0.481 e. The Morgan fingerprint density at radius 1 is 1.37 bits per heavy atom. The summed E-state index contributed by atoms with van der Waals surface area (Å²) in [4.78, 5) is 22.0. The van der Waals surface area contributed by atoms with Gasteiger partial charge in [-0.25, -0.2) is 0 Å². The number of aliphatic carboxylic acids is 1. The summed E-state index contributed by atoms with van der Waals surface area (Å²) >= 11 is 5.75. The smallest absolute Gasteiger partial charge is 0.303 e. The van der Waals surface area contributed by atoms with Gasteiger partial charge in [0.2, 0.25) is 5.91 Å². The Kier molecular flexibility index (Phi) is 6.09. The Morgan fingerprint density at radius 3 is 2.58 bits per heavy atom. The highest BCUT2D eigenvalue weighted by Gasteiger charge is 2.06. The molecule has 19 heavy (non-hydrogen) atoms. The van der Waals surface area contributed by atoms with Crippen LogP contribution in [0.1, 0.15) is 25.3 Å². The van der Waals surface area contributed by atoms with Crippen molar-refractivity contribution in [2.45, 2.75) is 25.8 Å². The van der Waals surface area contributed by atoms with E-state index < -0.39 is 5.97 Å². The maximum Gasteiger partial charge on any atom is 0.303 e. The largest absolute Gasteiger partial charge is 0.481 e. The number of benzene rings is 1. The summed E-state index contributed by atoms with van der Waals surface area (Å²) in [6.45, 7) is 1.77. The first-order valence-electron chi connectivity index (χ1n) is 5.93. The quantitative estimate of drug-likeness (QED) is 0.788. The number of carbonyl (C=O) groups excluding carboxylic acids is 1. The summed E-state index contributed by atoms with van der Waals surface area (Å²) < 4.78 is 0. The molecule has 0 saturated carbocycles. The van der Waals surface area contributed by atoms with Gasteiger partial charge in [-0.15, -0.1) is 0 Å². The first-order chi connectivity index (χ1) is 8.97. The predicted molar refractivity (Wildman–Crippen MR) is 75.0 cm³/mol. The lowest BCUT2D eigenvalue weighted by Crippen LogP contribution is -2.31. The number of amides is 1. The van der Waals surface area contributed by atoms with Gasteiger partial charge in [-0.3, -0.25) is 9.59 Å². The van der Waals surface area contributed by atoms with Crippen LogP contribution in [0.3, 0.4) is 0 Å². The Hall–Kier alpha value is -1.81. The normalized spacial score (nSPS) is 12.3. The maximum absolute atomic E-state index is 11.6. The molecule has 1 amide bonds. The number of carboxylic acids is 1. The van der Waals surface area contributed by atoms with E-state index in [1.807, 2.05) is 0 Å². The van der Waals surface area contributed by atoms with E-state index in [0.717, 1.165) is 5.56 Å². The highest BCUT2D eigenvalue weighted by Crippen LogP contribution is 2.10. The second-order valence-corrected chi connectivity index (χ2v) is 4.66. The molecule has 1 rings (SSSR count). The number of carboxylic acid groups (broad SMARTS) is 1. The summed E-state index contributed by atoms with van der Waals surface area (Å²) in [6.07, 6.45) is 3.55. The van der Waals surface area contributed by atoms with Crippen LogP contribution in [0.25, 0.3) is 6.08 Å². The predicted octanol–water partition coefficient (Wildman–Crippen LogP) is 2.72. The second kappa shape index (κ2) is 7.59. The molecule has 0 spiro atoms. The molecule has 1 aromatic carbocycles. The molecule has 1 unspecified atom stereocenters. The van der Waals surface area contributed by atoms with Crippen molar-refractivity contribution >= 4 is 29.6 Å². The monoisotopic (exact) mass is 281 g/mol. The van der Waals surface area contributed by atoms with E-state index in [0.29, 0.717) is 11.4 Å². The number of nitrogens with one attached hydrogen (secondary N) is 1. The molecular weight excluding hydrogens is 266 g/mol. The van der Waals surface area contributed by atoms with Crippen LogP contribution in [0.5, 0.6) is 0 Å². The van der Waals surface area contributed by atoms with Crippen molar-refractivity contribution < 1.29 is 14.7 Å². The summed E-state index contributed by atoms with van der Waals surface area (Å²) in [5.41, 5.74) is 0.873. The van der Waals surface area contributed by atoms with Crippen molar-refractivity contribution in [3.05, 3.63) is 40.9 Å². The molecule has 0 bridgehead atoms. The molecule has 102 valence electrons. The number of halogens is 1. The van der Waals surface area contributed by atoms with Gasteiger partial charge in [0, 0.05) is 23.6 Å². The van der Waals surface area contributed by atoms with Gasteiger partial charge in [0.05, 0.1) is 0 Å². The Labute approximate surface area is 117 Å². The molecule has 0 aliphatic heterocycles. The van der Waals surface area contributed by atoms with Gasteiger partial charge in [-0.2, -0.15) is 0 Å². The molecular formula is C14H16ClNO3. The Balaban J connectivity index is 2.42. The van der Waals surface area contributed by atoms with Gasteiger partial charge in [0.15, 0.2) is 0 Å². The fraction of sp³-hybridized carbons (Fsp3) is 0.286. The van der Waals surface area contributed by atoms with Crippen LogP contribution in [-0.4, -0.2) is 23.0 Å². The van der Waals surface area contributed by atoms with Gasteiger partial charge in [-0.05, 0) is 37.1 Å². The van der Waals surface area contributed by atoms with Crippen LogP contribution in [0.15, 0.2) is 30.3 Å². The average molecular weight is 282 g/mol. The third-order valence-electron chi connectivity index (χ3n) is 2.48. The summed E-state index contributed by atoms with van der Waals surface area (Å²) in [5.74, 6) is -1.11. The molecule has 0 aromatic heterocycles. The Morgan fingerprint density at radius 2 is 2.00 bits per heavy atom. The standard InChI is InChI=1S/C14H16ClNO3/c1-10(2-9-14(18)19)16-13(17)8-5-11-3-6-12(15)7-4-11/h3-8,10H,2,9H2,1H3,(H,16,17)(H,18,19).